The lowest BCUT2D eigenvalue weighted by Gasteiger charge is -2.31. The molecule has 1 aliphatic rings. The number of aromatic nitrogens is 4. The average Bonchev–Trinajstić information content (AvgIpc) is 2.99. The van der Waals surface area contributed by atoms with Gasteiger partial charge >= 0.3 is 0 Å². The summed E-state index contributed by atoms with van der Waals surface area (Å²) >= 11 is 0. The van der Waals surface area contributed by atoms with E-state index in [9.17, 15) is 4.79 Å². The lowest BCUT2D eigenvalue weighted by molar-refractivity contribution is -0.132. The largest absolute Gasteiger partial charge is 0.375 e. The molecule has 0 N–H and O–H groups in total. The van der Waals surface area contributed by atoms with E-state index >= 15 is 0 Å². The van der Waals surface area contributed by atoms with E-state index in [1.165, 1.54) is 4.68 Å². The second-order valence-electron chi connectivity index (χ2n) is 5.51. The Morgan fingerprint density at radius 3 is 2.78 bits per heavy atom. The van der Waals surface area contributed by atoms with Gasteiger partial charge in [0.05, 0.1) is 12.7 Å². The van der Waals surface area contributed by atoms with Crippen LogP contribution in [0.2, 0.25) is 0 Å². The molecule has 0 radical (unpaired) electrons. The fourth-order valence-corrected chi connectivity index (χ4v) is 2.54. The summed E-state index contributed by atoms with van der Waals surface area (Å²) in [7, 11) is 0. The summed E-state index contributed by atoms with van der Waals surface area (Å²) in [6.45, 7) is 5.40. The minimum atomic E-state index is -0.0978. The Bertz CT molecular complexity index is 710. The van der Waals surface area contributed by atoms with Crippen LogP contribution in [0.1, 0.15) is 18.3 Å². The van der Waals surface area contributed by atoms with E-state index in [4.69, 9.17) is 4.74 Å². The molecule has 23 heavy (non-hydrogen) atoms. The molecule has 0 aliphatic carbocycles. The predicted octanol–water partition coefficient (Wildman–Crippen LogP) is 1.23. The van der Waals surface area contributed by atoms with Crippen molar-refractivity contribution in [2.75, 3.05) is 19.7 Å². The van der Waals surface area contributed by atoms with Gasteiger partial charge in [0.1, 0.15) is 5.70 Å². The maximum atomic E-state index is 13.0. The molecular formula is C16H19N5O2. The van der Waals surface area contributed by atoms with Crippen molar-refractivity contribution in [1.29, 1.82) is 0 Å². The molecule has 1 aliphatic heterocycles. The molecule has 0 spiro atoms. The van der Waals surface area contributed by atoms with Gasteiger partial charge in [-0.1, -0.05) is 30.3 Å². The van der Waals surface area contributed by atoms with Crippen molar-refractivity contribution < 1.29 is 9.53 Å². The first kappa shape index (κ1) is 15.4. The molecule has 1 aromatic carbocycles. The Morgan fingerprint density at radius 2 is 2.13 bits per heavy atom. The summed E-state index contributed by atoms with van der Waals surface area (Å²) in [6.07, 6.45) is 1.84. The molecule has 1 saturated heterocycles. The van der Waals surface area contributed by atoms with Crippen LogP contribution in [0.25, 0.3) is 11.8 Å². The Balaban J connectivity index is 1.97. The number of nitrogens with zero attached hydrogens (tertiary/aromatic N) is 5. The van der Waals surface area contributed by atoms with Crippen LogP contribution in [-0.2, 0) is 9.53 Å². The third kappa shape index (κ3) is 3.45. The second kappa shape index (κ2) is 6.70. The highest BCUT2D eigenvalue weighted by Crippen LogP contribution is 2.17. The van der Waals surface area contributed by atoms with Crippen molar-refractivity contribution >= 4 is 17.7 Å². The molecule has 3 rings (SSSR count). The Labute approximate surface area is 134 Å². The predicted molar refractivity (Wildman–Crippen MR) is 85.2 cm³/mol. The fraction of sp³-hybridized carbons (Fsp3) is 0.375. The molecule has 1 fully saturated rings. The zero-order valence-electron chi connectivity index (χ0n) is 13.2. The lowest BCUT2D eigenvalue weighted by atomic mass is 10.1. The number of carbonyl (C=O) groups is 1. The molecule has 7 heteroatoms. The van der Waals surface area contributed by atoms with Gasteiger partial charge in [-0.15, -0.1) is 5.10 Å². The lowest BCUT2D eigenvalue weighted by Crippen LogP contribution is -2.45. The highest BCUT2D eigenvalue weighted by molar-refractivity contribution is 6.18. The smallest absolute Gasteiger partial charge is 0.272 e. The van der Waals surface area contributed by atoms with Gasteiger partial charge in [0, 0.05) is 13.1 Å². The summed E-state index contributed by atoms with van der Waals surface area (Å²) in [5.74, 6) is 0.473. The monoisotopic (exact) mass is 313 g/mol. The maximum absolute atomic E-state index is 13.0. The van der Waals surface area contributed by atoms with Gasteiger partial charge in [-0.2, -0.15) is 4.68 Å². The zero-order valence-corrected chi connectivity index (χ0v) is 13.2. The molecule has 2 aromatic rings. The van der Waals surface area contributed by atoms with Crippen LogP contribution in [-0.4, -0.2) is 56.8 Å². The van der Waals surface area contributed by atoms with E-state index in [1.54, 1.807) is 11.8 Å². The van der Waals surface area contributed by atoms with Crippen LogP contribution in [0.4, 0.5) is 0 Å². The van der Waals surface area contributed by atoms with Crippen molar-refractivity contribution in [3.05, 3.63) is 41.7 Å². The van der Waals surface area contributed by atoms with E-state index in [1.807, 2.05) is 43.3 Å². The maximum Gasteiger partial charge on any atom is 0.272 e. The molecule has 0 bridgehead atoms. The van der Waals surface area contributed by atoms with Crippen LogP contribution >= 0.6 is 0 Å². The van der Waals surface area contributed by atoms with Crippen LogP contribution in [0.3, 0.4) is 0 Å². The highest BCUT2D eigenvalue weighted by atomic mass is 16.5. The van der Waals surface area contributed by atoms with Gasteiger partial charge in [0.25, 0.3) is 5.91 Å². The van der Waals surface area contributed by atoms with E-state index in [0.29, 0.717) is 31.2 Å². The highest BCUT2D eigenvalue weighted by Gasteiger charge is 2.26. The Morgan fingerprint density at radius 1 is 1.35 bits per heavy atom. The number of carbonyl (C=O) groups excluding carboxylic acids is 1. The van der Waals surface area contributed by atoms with Crippen molar-refractivity contribution in [2.24, 2.45) is 0 Å². The van der Waals surface area contributed by atoms with Crippen LogP contribution < -0.4 is 0 Å². The Hall–Kier alpha value is -2.54. The number of ether oxygens (including phenoxy) is 1. The quantitative estimate of drug-likeness (QED) is 0.797. The summed E-state index contributed by atoms with van der Waals surface area (Å²) < 4.78 is 6.99. The van der Waals surface area contributed by atoms with Crippen LogP contribution in [0, 0.1) is 6.92 Å². The molecule has 1 unspecified atom stereocenters. The van der Waals surface area contributed by atoms with Gasteiger partial charge in [-0.25, -0.2) is 0 Å². The van der Waals surface area contributed by atoms with E-state index in [0.717, 1.165) is 5.56 Å². The number of hydrogen-bond acceptors (Lipinski definition) is 5. The number of aryl methyl sites for hydroxylation is 1. The summed E-state index contributed by atoms with van der Waals surface area (Å²) in [5.41, 5.74) is 1.36. The molecule has 1 atom stereocenters. The van der Waals surface area contributed by atoms with Crippen molar-refractivity contribution in [3.63, 3.8) is 0 Å². The van der Waals surface area contributed by atoms with Crippen LogP contribution in [0.5, 0.6) is 0 Å². The first-order chi connectivity index (χ1) is 11.1. The van der Waals surface area contributed by atoms with Crippen molar-refractivity contribution in [3.8, 4) is 0 Å². The molecule has 1 amide bonds. The van der Waals surface area contributed by atoms with Gasteiger partial charge in [0.2, 0.25) is 0 Å². The third-order valence-corrected chi connectivity index (χ3v) is 3.70. The first-order valence-corrected chi connectivity index (χ1v) is 7.58. The number of morpholine rings is 1. The van der Waals surface area contributed by atoms with Gasteiger partial charge < -0.3 is 9.64 Å². The summed E-state index contributed by atoms with van der Waals surface area (Å²) in [5, 5.41) is 11.5. The van der Waals surface area contributed by atoms with Gasteiger partial charge in [-0.05, 0) is 35.9 Å². The number of rotatable bonds is 3. The topological polar surface area (TPSA) is 73.1 Å². The normalized spacial score (nSPS) is 19.0. The van der Waals surface area contributed by atoms with Crippen LogP contribution in [0.15, 0.2) is 30.3 Å². The summed E-state index contributed by atoms with van der Waals surface area (Å²) in [6, 6.07) is 9.67. The van der Waals surface area contributed by atoms with E-state index in [-0.39, 0.29) is 12.0 Å². The van der Waals surface area contributed by atoms with E-state index in [2.05, 4.69) is 15.5 Å². The fourth-order valence-electron chi connectivity index (χ4n) is 2.54. The standard InChI is InChI=1S/C16H19N5O2/c1-12-11-20(8-9-23-12)16(22)15(21-13(2)17-18-19-21)10-14-6-4-3-5-7-14/h3-7,10,12H,8-9,11H2,1-2H3/b15-10-. The molecule has 120 valence electrons. The van der Waals surface area contributed by atoms with Crippen molar-refractivity contribution in [2.45, 2.75) is 20.0 Å². The second-order valence-corrected chi connectivity index (χ2v) is 5.51. The number of hydrogen-bond donors (Lipinski definition) is 0. The average molecular weight is 313 g/mol. The molecule has 2 heterocycles. The van der Waals surface area contributed by atoms with Gasteiger partial charge in [0.15, 0.2) is 5.82 Å². The molecule has 0 saturated carbocycles. The number of amides is 1. The van der Waals surface area contributed by atoms with E-state index < -0.39 is 0 Å². The zero-order chi connectivity index (χ0) is 16.2. The minimum absolute atomic E-state index is 0.0284. The van der Waals surface area contributed by atoms with Gasteiger partial charge in [-0.3, -0.25) is 4.79 Å². The minimum Gasteiger partial charge on any atom is -0.375 e. The molecular weight excluding hydrogens is 294 g/mol. The molecule has 1 aromatic heterocycles. The third-order valence-electron chi connectivity index (χ3n) is 3.70. The van der Waals surface area contributed by atoms with Crippen molar-refractivity contribution in [1.82, 2.24) is 25.1 Å². The summed E-state index contributed by atoms with van der Waals surface area (Å²) in [4.78, 5) is 14.8. The first-order valence-electron chi connectivity index (χ1n) is 7.58. The number of benzene rings is 1. The Kier molecular flexibility index (Phi) is 4.47. The SMILES string of the molecule is Cc1nnnn1/C(=C\c1ccccc1)C(=O)N1CCOC(C)C1. The molecule has 7 nitrogen and oxygen atoms in total. The number of tetrazole rings is 1.